The van der Waals surface area contributed by atoms with Gasteiger partial charge in [0.1, 0.15) is 5.76 Å². The molecule has 0 bridgehead atoms. The number of aliphatic hydroxyl groups is 1. The van der Waals surface area contributed by atoms with Gasteiger partial charge in [-0.15, -0.1) is 0 Å². The second kappa shape index (κ2) is 8.05. The predicted octanol–water partition coefficient (Wildman–Crippen LogP) is 5.16. The van der Waals surface area contributed by atoms with Crippen molar-refractivity contribution in [3.63, 3.8) is 0 Å². The minimum absolute atomic E-state index is 0.221. The number of aryl methyl sites for hydroxylation is 1. The summed E-state index contributed by atoms with van der Waals surface area (Å²) in [6.07, 6.45) is 6.76. The van der Waals surface area contributed by atoms with Gasteiger partial charge in [-0.3, -0.25) is 0 Å². The molecule has 0 radical (unpaired) electrons. The van der Waals surface area contributed by atoms with E-state index in [-0.39, 0.29) is 5.76 Å². The molecule has 20 heavy (non-hydrogen) atoms. The van der Waals surface area contributed by atoms with E-state index in [0.29, 0.717) is 0 Å². The molecular formula is C18H23NO. The van der Waals surface area contributed by atoms with Crippen LogP contribution in [-0.2, 0) is 6.54 Å². The van der Waals surface area contributed by atoms with Crippen molar-refractivity contribution < 1.29 is 5.11 Å². The third-order valence-electron chi connectivity index (χ3n) is 2.88. The summed E-state index contributed by atoms with van der Waals surface area (Å²) in [5.41, 5.74) is 2.43. The summed E-state index contributed by atoms with van der Waals surface area (Å²) in [6, 6.07) is 10.5. The molecule has 2 heteroatoms. The summed E-state index contributed by atoms with van der Waals surface area (Å²) in [5, 5.41) is 10.7. The number of benzene rings is 1. The third-order valence-corrected chi connectivity index (χ3v) is 2.88. The third kappa shape index (κ3) is 3.89. The molecular weight excluding hydrogens is 246 g/mol. The first kappa shape index (κ1) is 15.8. The maximum atomic E-state index is 9.45. The van der Waals surface area contributed by atoms with E-state index >= 15 is 0 Å². The largest absolute Gasteiger partial charge is 0.508 e. The van der Waals surface area contributed by atoms with Gasteiger partial charge in [0.2, 0.25) is 0 Å². The molecule has 1 heterocycles. The van der Waals surface area contributed by atoms with Crippen molar-refractivity contribution >= 4 is 10.9 Å². The maximum Gasteiger partial charge on any atom is 0.115 e. The fourth-order valence-electron chi connectivity index (χ4n) is 2.05. The molecule has 0 unspecified atom stereocenters. The Morgan fingerprint density at radius 1 is 1.30 bits per heavy atom. The van der Waals surface area contributed by atoms with Crippen LogP contribution in [0.2, 0.25) is 0 Å². The number of fused-ring (bicyclic) bond motifs is 1. The van der Waals surface area contributed by atoms with Crippen LogP contribution >= 0.6 is 0 Å². The molecule has 0 saturated heterocycles. The van der Waals surface area contributed by atoms with Gasteiger partial charge >= 0.3 is 0 Å². The second-order valence-corrected chi connectivity index (χ2v) is 4.18. The summed E-state index contributed by atoms with van der Waals surface area (Å²) in [4.78, 5) is 0. The zero-order valence-electron chi connectivity index (χ0n) is 12.5. The standard InChI is InChI=1S/C16H17NO.C2H6/c1-3-7-15(18)9-6-11-17-13(2)12-14-8-4-5-10-16(14)17;1-2/h3-10,12,18H,1,11H2,2H3;1-2H3/b9-6-,15-7+;. The van der Waals surface area contributed by atoms with Gasteiger partial charge in [-0.05, 0) is 36.6 Å². The molecule has 2 nitrogen and oxygen atoms in total. The molecule has 1 N–H and O–H groups in total. The average molecular weight is 269 g/mol. The molecule has 106 valence electrons. The van der Waals surface area contributed by atoms with E-state index in [0.717, 1.165) is 6.54 Å². The molecule has 0 spiro atoms. The number of nitrogens with zero attached hydrogens (tertiary/aromatic N) is 1. The van der Waals surface area contributed by atoms with E-state index in [2.05, 4.69) is 36.3 Å². The van der Waals surface area contributed by atoms with E-state index in [1.165, 1.54) is 16.6 Å². The van der Waals surface area contributed by atoms with Crippen LogP contribution in [0.1, 0.15) is 19.5 Å². The van der Waals surface area contributed by atoms with Crippen LogP contribution in [0.4, 0.5) is 0 Å². The van der Waals surface area contributed by atoms with Crippen LogP contribution in [0.5, 0.6) is 0 Å². The fourth-order valence-corrected chi connectivity index (χ4v) is 2.05. The molecule has 2 rings (SSSR count). The van der Waals surface area contributed by atoms with E-state index in [1.807, 2.05) is 32.1 Å². The number of aromatic nitrogens is 1. The molecule has 1 aromatic carbocycles. The van der Waals surface area contributed by atoms with Gasteiger partial charge in [0.05, 0.1) is 0 Å². The van der Waals surface area contributed by atoms with Crippen molar-refractivity contribution in [2.24, 2.45) is 0 Å². The lowest BCUT2D eigenvalue weighted by Crippen LogP contribution is -1.96. The molecule has 0 saturated carbocycles. The highest BCUT2D eigenvalue weighted by molar-refractivity contribution is 5.81. The summed E-state index contributed by atoms with van der Waals surface area (Å²) >= 11 is 0. The predicted molar refractivity (Wildman–Crippen MR) is 88.1 cm³/mol. The van der Waals surface area contributed by atoms with Crippen molar-refractivity contribution in [2.75, 3.05) is 0 Å². The Morgan fingerprint density at radius 2 is 2.00 bits per heavy atom. The van der Waals surface area contributed by atoms with Gasteiger partial charge in [0.15, 0.2) is 0 Å². The molecule has 0 aliphatic carbocycles. The Bertz CT molecular complexity index is 617. The maximum absolute atomic E-state index is 9.45. The van der Waals surface area contributed by atoms with Crippen LogP contribution in [-0.4, -0.2) is 9.67 Å². The lowest BCUT2D eigenvalue weighted by Gasteiger charge is -2.04. The average Bonchev–Trinajstić information content (AvgIpc) is 2.78. The summed E-state index contributed by atoms with van der Waals surface area (Å²) < 4.78 is 2.22. The van der Waals surface area contributed by atoms with E-state index in [1.54, 1.807) is 18.2 Å². The fraction of sp³-hybridized carbons (Fsp3) is 0.222. The second-order valence-electron chi connectivity index (χ2n) is 4.18. The van der Waals surface area contributed by atoms with Gasteiger partial charge in [-0.25, -0.2) is 0 Å². The lowest BCUT2D eigenvalue weighted by atomic mass is 10.2. The van der Waals surface area contributed by atoms with Crippen molar-refractivity contribution in [3.8, 4) is 0 Å². The SMILES string of the molecule is C=C/C=C(O)\C=C/Cn1c(C)cc2ccccc21.CC. The molecule has 0 atom stereocenters. The number of hydrogen-bond acceptors (Lipinski definition) is 1. The Morgan fingerprint density at radius 3 is 2.70 bits per heavy atom. The minimum atomic E-state index is 0.221. The van der Waals surface area contributed by atoms with E-state index in [9.17, 15) is 5.11 Å². The van der Waals surface area contributed by atoms with Gasteiger partial charge < -0.3 is 9.67 Å². The number of rotatable bonds is 4. The van der Waals surface area contributed by atoms with Crippen molar-refractivity contribution in [2.45, 2.75) is 27.3 Å². The van der Waals surface area contributed by atoms with Crippen molar-refractivity contribution in [3.05, 3.63) is 72.7 Å². The zero-order chi connectivity index (χ0) is 15.0. The normalized spacial score (nSPS) is 11.4. The highest BCUT2D eigenvalue weighted by Crippen LogP contribution is 2.19. The first-order valence-electron chi connectivity index (χ1n) is 6.95. The van der Waals surface area contributed by atoms with E-state index in [4.69, 9.17) is 0 Å². The van der Waals surface area contributed by atoms with Crippen LogP contribution in [0.3, 0.4) is 0 Å². The van der Waals surface area contributed by atoms with Gasteiger partial charge in [-0.1, -0.05) is 50.8 Å². The Hall–Kier alpha value is -2.22. The highest BCUT2D eigenvalue weighted by Gasteiger charge is 2.02. The first-order valence-corrected chi connectivity index (χ1v) is 6.95. The van der Waals surface area contributed by atoms with E-state index < -0.39 is 0 Å². The molecule has 0 fully saturated rings. The number of para-hydroxylation sites is 1. The smallest absolute Gasteiger partial charge is 0.115 e. The molecule has 2 aromatic rings. The topological polar surface area (TPSA) is 25.2 Å². The number of allylic oxidation sites excluding steroid dienone is 4. The zero-order valence-corrected chi connectivity index (χ0v) is 12.5. The molecule has 0 aliphatic rings. The quantitative estimate of drug-likeness (QED) is 0.602. The molecule has 0 aliphatic heterocycles. The van der Waals surface area contributed by atoms with Crippen LogP contribution in [0.25, 0.3) is 10.9 Å². The number of aliphatic hydroxyl groups excluding tert-OH is 1. The Kier molecular flexibility index (Phi) is 6.38. The van der Waals surface area contributed by atoms with Crippen LogP contribution in [0.15, 0.2) is 67.0 Å². The van der Waals surface area contributed by atoms with Crippen LogP contribution in [0, 0.1) is 6.92 Å². The highest BCUT2D eigenvalue weighted by atomic mass is 16.3. The van der Waals surface area contributed by atoms with Crippen molar-refractivity contribution in [1.29, 1.82) is 0 Å². The monoisotopic (exact) mass is 269 g/mol. The van der Waals surface area contributed by atoms with Gasteiger partial charge in [0.25, 0.3) is 0 Å². The number of hydrogen-bond donors (Lipinski definition) is 1. The Labute approximate surface area is 121 Å². The van der Waals surface area contributed by atoms with Gasteiger partial charge in [0, 0.05) is 17.8 Å². The Balaban J connectivity index is 0.000000956. The van der Waals surface area contributed by atoms with Gasteiger partial charge in [-0.2, -0.15) is 0 Å². The lowest BCUT2D eigenvalue weighted by molar-refractivity contribution is 0.432. The minimum Gasteiger partial charge on any atom is -0.508 e. The van der Waals surface area contributed by atoms with Crippen LogP contribution < -0.4 is 0 Å². The molecule has 0 amide bonds. The first-order chi connectivity index (χ1) is 9.72. The van der Waals surface area contributed by atoms with Crippen molar-refractivity contribution in [1.82, 2.24) is 4.57 Å². The summed E-state index contributed by atoms with van der Waals surface area (Å²) in [5.74, 6) is 0.221. The summed E-state index contributed by atoms with van der Waals surface area (Å²) in [6.45, 7) is 10.4. The molecule has 1 aromatic heterocycles. The summed E-state index contributed by atoms with van der Waals surface area (Å²) in [7, 11) is 0.